The highest BCUT2D eigenvalue weighted by atomic mass is 35.5. The Labute approximate surface area is 111 Å². The van der Waals surface area contributed by atoms with E-state index in [4.69, 9.17) is 23.2 Å². The highest BCUT2D eigenvalue weighted by Crippen LogP contribution is 2.31. The molecule has 2 aromatic rings. The zero-order valence-corrected chi connectivity index (χ0v) is 10.3. The highest BCUT2D eigenvalue weighted by Gasteiger charge is 2.30. The molecule has 0 aliphatic rings. The quantitative estimate of drug-likeness (QED) is 0.714. The summed E-state index contributed by atoms with van der Waals surface area (Å²) in [7, 11) is 0. The molecule has 0 unspecified atom stereocenters. The van der Waals surface area contributed by atoms with Crippen LogP contribution in [0.15, 0.2) is 36.5 Å². The van der Waals surface area contributed by atoms with Crippen LogP contribution in [0.2, 0.25) is 10.0 Å². The first-order valence-electron chi connectivity index (χ1n) is 4.86. The molecule has 0 fully saturated rings. The molecule has 2 rings (SSSR count). The van der Waals surface area contributed by atoms with Gasteiger partial charge < -0.3 is 0 Å². The lowest BCUT2D eigenvalue weighted by Gasteiger charge is -2.07. The Balaban J connectivity index is 2.40. The summed E-state index contributed by atoms with van der Waals surface area (Å²) in [6, 6.07) is 6.96. The zero-order valence-electron chi connectivity index (χ0n) is 8.80. The largest absolute Gasteiger partial charge is 0.417 e. The van der Waals surface area contributed by atoms with Gasteiger partial charge in [0.1, 0.15) is 0 Å². The van der Waals surface area contributed by atoms with E-state index in [1.165, 1.54) is 12.1 Å². The first kappa shape index (κ1) is 13.2. The number of pyridine rings is 1. The summed E-state index contributed by atoms with van der Waals surface area (Å²) in [5, 5.41) is 0.804. The minimum absolute atomic E-state index is 0.382. The maximum absolute atomic E-state index is 12.4. The van der Waals surface area contributed by atoms with Gasteiger partial charge in [0.15, 0.2) is 0 Å². The van der Waals surface area contributed by atoms with Gasteiger partial charge in [-0.1, -0.05) is 23.2 Å². The van der Waals surface area contributed by atoms with Gasteiger partial charge in [0.05, 0.1) is 11.3 Å². The number of alkyl halides is 3. The van der Waals surface area contributed by atoms with Gasteiger partial charge in [0, 0.05) is 21.8 Å². The molecule has 0 N–H and O–H groups in total. The SMILES string of the molecule is FC(F)(F)c1ccc(-c2cc(Cl)cc(Cl)c2)nc1. The van der Waals surface area contributed by atoms with Crippen LogP contribution in [0, 0.1) is 0 Å². The molecule has 1 aromatic carbocycles. The monoisotopic (exact) mass is 291 g/mol. The standard InChI is InChI=1S/C12H6Cl2F3N/c13-9-3-7(4-10(14)5-9)11-2-1-8(6-18-11)12(15,16)17/h1-6H. The lowest BCUT2D eigenvalue weighted by molar-refractivity contribution is -0.137. The molecule has 6 heteroatoms. The molecule has 0 radical (unpaired) electrons. The van der Waals surface area contributed by atoms with E-state index in [-0.39, 0.29) is 0 Å². The summed E-state index contributed by atoms with van der Waals surface area (Å²) in [4.78, 5) is 3.76. The lowest BCUT2D eigenvalue weighted by atomic mass is 10.1. The molecule has 0 bridgehead atoms. The third-order valence-corrected chi connectivity index (χ3v) is 2.69. The second kappa shape index (κ2) is 4.78. The van der Waals surface area contributed by atoms with Crippen LogP contribution in [0.4, 0.5) is 13.2 Å². The predicted octanol–water partition coefficient (Wildman–Crippen LogP) is 5.07. The van der Waals surface area contributed by atoms with E-state index in [1.54, 1.807) is 12.1 Å². The smallest absolute Gasteiger partial charge is 0.256 e. The lowest BCUT2D eigenvalue weighted by Crippen LogP contribution is -2.05. The number of rotatable bonds is 1. The van der Waals surface area contributed by atoms with Gasteiger partial charge in [-0.3, -0.25) is 4.98 Å². The highest BCUT2D eigenvalue weighted by molar-refractivity contribution is 6.35. The van der Waals surface area contributed by atoms with E-state index < -0.39 is 11.7 Å². The number of halogens is 5. The van der Waals surface area contributed by atoms with Crippen LogP contribution in [0.1, 0.15) is 5.56 Å². The van der Waals surface area contributed by atoms with Crippen LogP contribution in [0.25, 0.3) is 11.3 Å². The van der Waals surface area contributed by atoms with E-state index in [9.17, 15) is 13.2 Å². The van der Waals surface area contributed by atoms with Crippen molar-refractivity contribution in [2.24, 2.45) is 0 Å². The molecule has 0 saturated heterocycles. The summed E-state index contributed by atoms with van der Waals surface area (Å²) < 4.78 is 37.1. The molecule has 94 valence electrons. The molecule has 0 aliphatic heterocycles. The van der Waals surface area contributed by atoms with Crippen molar-refractivity contribution >= 4 is 23.2 Å². The van der Waals surface area contributed by atoms with Crippen LogP contribution in [0.3, 0.4) is 0 Å². The second-order valence-corrected chi connectivity index (χ2v) is 4.46. The molecule has 18 heavy (non-hydrogen) atoms. The summed E-state index contributed by atoms with van der Waals surface area (Å²) in [6.07, 6.45) is -3.61. The molecule has 0 amide bonds. The molecule has 0 spiro atoms. The molecule has 0 atom stereocenters. The summed E-state index contributed by atoms with van der Waals surface area (Å²) in [6.45, 7) is 0. The average Bonchev–Trinajstić information content (AvgIpc) is 2.27. The minimum Gasteiger partial charge on any atom is -0.256 e. The van der Waals surface area contributed by atoms with Crippen LogP contribution in [0.5, 0.6) is 0 Å². The van der Waals surface area contributed by atoms with Crippen molar-refractivity contribution in [1.82, 2.24) is 4.98 Å². The molecule has 1 nitrogen and oxygen atoms in total. The Morgan fingerprint density at radius 1 is 0.944 bits per heavy atom. The van der Waals surface area contributed by atoms with Gasteiger partial charge in [0.2, 0.25) is 0 Å². The van der Waals surface area contributed by atoms with Crippen molar-refractivity contribution in [2.45, 2.75) is 6.18 Å². The fourth-order valence-corrected chi connectivity index (χ4v) is 1.96. The van der Waals surface area contributed by atoms with Crippen molar-refractivity contribution in [2.75, 3.05) is 0 Å². The van der Waals surface area contributed by atoms with Gasteiger partial charge in [-0.05, 0) is 30.3 Å². The Kier molecular flexibility index (Phi) is 3.50. The Morgan fingerprint density at radius 2 is 1.56 bits per heavy atom. The van der Waals surface area contributed by atoms with E-state index >= 15 is 0 Å². The number of nitrogens with zero attached hydrogens (tertiary/aromatic N) is 1. The Hall–Kier alpha value is -1.26. The van der Waals surface area contributed by atoms with Crippen LogP contribution >= 0.6 is 23.2 Å². The average molecular weight is 292 g/mol. The summed E-state index contributed by atoms with van der Waals surface area (Å²) in [5.41, 5.74) is 0.160. The normalized spacial score (nSPS) is 11.6. The molecular formula is C12H6Cl2F3N. The molecule has 1 heterocycles. The summed E-state index contributed by atoms with van der Waals surface area (Å²) >= 11 is 11.6. The van der Waals surface area contributed by atoms with Crippen molar-refractivity contribution in [1.29, 1.82) is 0 Å². The van der Waals surface area contributed by atoms with Crippen LogP contribution < -0.4 is 0 Å². The molecule has 1 aromatic heterocycles. The van der Waals surface area contributed by atoms with Crippen LogP contribution in [-0.2, 0) is 6.18 Å². The summed E-state index contributed by atoms with van der Waals surface area (Å²) in [5.74, 6) is 0. The minimum atomic E-state index is -4.39. The van der Waals surface area contributed by atoms with E-state index in [1.807, 2.05) is 0 Å². The maximum Gasteiger partial charge on any atom is 0.417 e. The topological polar surface area (TPSA) is 12.9 Å². The van der Waals surface area contributed by atoms with E-state index in [0.717, 1.165) is 12.3 Å². The molecule has 0 aliphatic carbocycles. The Bertz CT molecular complexity index is 544. The number of aromatic nitrogens is 1. The maximum atomic E-state index is 12.4. The first-order valence-corrected chi connectivity index (χ1v) is 5.61. The van der Waals surface area contributed by atoms with E-state index in [2.05, 4.69) is 4.98 Å². The van der Waals surface area contributed by atoms with Crippen molar-refractivity contribution in [3.05, 3.63) is 52.1 Å². The van der Waals surface area contributed by atoms with Crippen molar-refractivity contribution in [3.8, 4) is 11.3 Å². The van der Waals surface area contributed by atoms with Gasteiger partial charge in [-0.2, -0.15) is 13.2 Å². The number of hydrogen-bond acceptors (Lipinski definition) is 1. The van der Waals surface area contributed by atoms with Gasteiger partial charge in [0.25, 0.3) is 0 Å². The first-order chi connectivity index (χ1) is 8.36. The molecule has 0 saturated carbocycles. The second-order valence-electron chi connectivity index (χ2n) is 3.59. The van der Waals surface area contributed by atoms with Gasteiger partial charge in [-0.25, -0.2) is 0 Å². The van der Waals surface area contributed by atoms with Crippen molar-refractivity contribution in [3.63, 3.8) is 0 Å². The van der Waals surface area contributed by atoms with Crippen molar-refractivity contribution < 1.29 is 13.2 Å². The molecular weight excluding hydrogens is 286 g/mol. The zero-order chi connectivity index (χ0) is 13.3. The number of hydrogen-bond donors (Lipinski definition) is 0. The van der Waals surface area contributed by atoms with Crippen LogP contribution in [-0.4, -0.2) is 4.98 Å². The predicted molar refractivity (Wildman–Crippen MR) is 64.7 cm³/mol. The van der Waals surface area contributed by atoms with E-state index in [0.29, 0.717) is 21.3 Å². The number of benzene rings is 1. The third-order valence-electron chi connectivity index (χ3n) is 2.25. The fraction of sp³-hybridized carbons (Fsp3) is 0.0833. The van der Waals surface area contributed by atoms with Gasteiger partial charge >= 0.3 is 6.18 Å². The third kappa shape index (κ3) is 2.94. The Morgan fingerprint density at radius 3 is 2.00 bits per heavy atom. The fourth-order valence-electron chi connectivity index (χ4n) is 1.43. The van der Waals surface area contributed by atoms with Gasteiger partial charge in [-0.15, -0.1) is 0 Å².